The van der Waals surface area contributed by atoms with Crippen LogP contribution in [0.1, 0.15) is 29.5 Å². The van der Waals surface area contributed by atoms with Crippen molar-refractivity contribution < 1.29 is 18.3 Å². The van der Waals surface area contributed by atoms with Crippen LogP contribution < -0.4 is 15.0 Å². The van der Waals surface area contributed by atoms with Gasteiger partial charge in [0.05, 0.1) is 0 Å². The molecule has 1 aliphatic rings. The van der Waals surface area contributed by atoms with Crippen molar-refractivity contribution in [2.45, 2.75) is 33.2 Å². The van der Waals surface area contributed by atoms with E-state index in [2.05, 4.69) is 20.2 Å². The molecule has 1 amide bonds. The van der Waals surface area contributed by atoms with E-state index in [4.69, 9.17) is 4.74 Å². The van der Waals surface area contributed by atoms with Crippen LogP contribution in [0.5, 0.6) is 11.6 Å². The monoisotopic (exact) mass is 452 g/mol. The van der Waals surface area contributed by atoms with Gasteiger partial charge in [-0.25, -0.2) is 18.7 Å². The second-order valence-electron chi connectivity index (χ2n) is 8.27. The van der Waals surface area contributed by atoms with Gasteiger partial charge in [0.25, 0.3) is 0 Å². The molecule has 172 valence electrons. The molecule has 0 saturated carbocycles. The zero-order chi connectivity index (χ0) is 23.4. The van der Waals surface area contributed by atoms with Crippen molar-refractivity contribution in [2.24, 2.45) is 5.92 Å². The van der Waals surface area contributed by atoms with Crippen LogP contribution in [-0.2, 0) is 11.3 Å². The molecule has 1 fully saturated rings. The maximum atomic E-state index is 13.3. The summed E-state index contributed by atoms with van der Waals surface area (Å²) in [7, 11) is 0. The van der Waals surface area contributed by atoms with E-state index in [-0.39, 0.29) is 18.4 Å². The van der Waals surface area contributed by atoms with Crippen LogP contribution in [0, 0.1) is 31.4 Å². The first-order valence-corrected chi connectivity index (χ1v) is 10.9. The molecule has 1 N–H and O–H groups in total. The molecule has 0 aliphatic carbocycles. The van der Waals surface area contributed by atoms with E-state index in [1.54, 1.807) is 6.07 Å². The van der Waals surface area contributed by atoms with Crippen molar-refractivity contribution in [3.8, 4) is 11.6 Å². The number of nitrogens with one attached hydrogen (secondary N) is 1. The molecule has 1 aromatic heterocycles. The van der Waals surface area contributed by atoms with Crippen LogP contribution in [-0.4, -0.2) is 29.0 Å². The summed E-state index contributed by atoms with van der Waals surface area (Å²) in [5.74, 6) is 0.397. The number of amides is 1. The fourth-order valence-electron chi connectivity index (χ4n) is 3.92. The third kappa shape index (κ3) is 5.63. The molecule has 1 saturated heterocycles. The minimum absolute atomic E-state index is 0.0959. The summed E-state index contributed by atoms with van der Waals surface area (Å²) in [5.41, 5.74) is 2.60. The molecule has 33 heavy (non-hydrogen) atoms. The Kier molecular flexibility index (Phi) is 6.82. The Morgan fingerprint density at radius 2 is 1.82 bits per heavy atom. The van der Waals surface area contributed by atoms with Gasteiger partial charge in [-0.2, -0.15) is 0 Å². The van der Waals surface area contributed by atoms with Gasteiger partial charge in [0.15, 0.2) is 0 Å². The van der Waals surface area contributed by atoms with Gasteiger partial charge in [0, 0.05) is 37.7 Å². The number of rotatable bonds is 6. The van der Waals surface area contributed by atoms with E-state index >= 15 is 0 Å². The molecule has 0 spiro atoms. The summed E-state index contributed by atoms with van der Waals surface area (Å²) in [5, 5.41) is 2.79. The van der Waals surface area contributed by atoms with Crippen molar-refractivity contribution >= 4 is 11.7 Å². The van der Waals surface area contributed by atoms with Gasteiger partial charge in [-0.05, 0) is 61.6 Å². The highest BCUT2D eigenvalue weighted by atomic mass is 19.1. The van der Waals surface area contributed by atoms with Crippen LogP contribution in [0.15, 0.2) is 48.8 Å². The predicted molar refractivity (Wildman–Crippen MR) is 121 cm³/mol. The Balaban J connectivity index is 1.32. The third-order valence-electron chi connectivity index (χ3n) is 5.98. The van der Waals surface area contributed by atoms with Gasteiger partial charge in [0.1, 0.15) is 29.5 Å². The molecule has 1 aliphatic heterocycles. The van der Waals surface area contributed by atoms with Crippen LogP contribution in [0.25, 0.3) is 0 Å². The molecule has 8 heteroatoms. The van der Waals surface area contributed by atoms with Gasteiger partial charge in [0.2, 0.25) is 11.8 Å². The lowest BCUT2D eigenvalue weighted by Gasteiger charge is -2.32. The normalized spacial score (nSPS) is 14.2. The maximum Gasteiger partial charge on any atom is 0.224 e. The standard InChI is InChI=1S/C25H26F2N4O2/c1-16-4-3-5-22(17(16)2)33-24-13-23(29-15-30-24)31-8-6-19(7-9-31)25(32)28-14-18-10-20(26)12-21(27)11-18/h3-5,10-13,15,19H,6-9,14H2,1-2H3,(H,28,32). The van der Waals surface area contributed by atoms with Crippen LogP contribution in [0.2, 0.25) is 0 Å². The van der Waals surface area contributed by atoms with Crippen molar-refractivity contribution in [3.05, 3.63) is 77.1 Å². The second-order valence-corrected chi connectivity index (χ2v) is 8.27. The molecule has 0 bridgehead atoms. The van der Waals surface area contributed by atoms with E-state index < -0.39 is 11.6 Å². The fraction of sp³-hybridized carbons (Fsp3) is 0.320. The quantitative estimate of drug-likeness (QED) is 0.587. The van der Waals surface area contributed by atoms with E-state index in [1.165, 1.54) is 18.5 Å². The average molecular weight is 453 g/mol. The zero-order valence-corrected chi connectivity index (χ0v) is 18.6. The van der Waals surface area contributed by atoms with Gasteiger partial charge in [-0.1, -0.05) is 12.1 Å². The van der Waals surface area contributed by atoms with Gasteiger partial charge < -0.3 is 15.0 Å². The van der Waals surface area contributed by atoms with Crippen molar-refractivity contribution in [2.75, 3.05) is 18.0 Å². The highest BCUT2D eigenvalue weighted by molar-refractivity contribution is 5.79. The number of aromatic nitrogens is 2. The Hall–Kier alpha value is -3.55. The van der Waals surface area contributed by atoms with Crippen molar-refractivity contribution in [1.29, 1.82) is 0 Å². The lowest BCUT2D eigenvalue weighted by molar-refractivity contribution is -0.125. The number of hydrogen-bond donors (Lipinski definition) is 1. The topological polar surface area (TPSA) is 67.3 Å². The zero-order valence-electron chi connectivity index (χ0n) is 18.6. The van der Waals surface area contributed by atoms with Gasteiger partial charge in [-0.15, -0.1) is 0 Å². The first kappa shape index (κ1) is 22.6. The molecule has 0 unspecified atom stereocenters. The molecule has 3 aromatic rings. The number of ether oxygens (including phenoxy) is 1. The Morgan fingerprint density at radius 1 is 1.09 bits per heavy atom. The number of aryl methyl sites for hydroxylation is 1. The molecule has 4 rings (SSSR count). The molecule has 0 radical (unpaired) electrons. The molecular weight excluding hydrogens is 426 g/mol. The minimum Gasteiger partial charge on any atom is -0.439 e. The molecule has 2 heterocycles. The van der Waals surface area contributed by atoms with Crippen molar-refractivity contribution in [3.63, 3.8) is 0 Å². The predicted octanol–water partition coefficient (Wildman–Crippen LogP) is 4.70. The number of piperidine rings is 1. The van der Waals surface area contributed by atoms with Crippen molar-refractivity contribution in [1.82, 2.24) is 15.3 Å². The summed E-state index contributed by atoms with van der Waals surface area (Å²) < 4.78 is 32.6. The summed E-state index contributed by atoms with van der Waals surface area (Å²) in [4.78, 5) is 23.2. The molecule has 6 nitrogen and oxygen atoms in total. The average Bonchev–Trinajstić information content (AvgIpc) is 2.80. The largest absolute Gasteiger partial charge is 0.439 e. The Bertz CT molecular complexity index is 1130. The highest BCUT2D eigenvalue weighted by Crippen LogP contribution is 2.28. The summed E-state index contributed by atoms with van der Waals surface area (Å²) in [6.45, 7) is 5.45. The van der Waals surface area contributed by atoms with Crippen LogP contribution in [0.3, 0.4) is 0 Å². The third-order valence-corrected chi connectivity index (χ3v) is 5.98. The smallest absolute Gasteiger partial charge is 0.224 e. The molecule has 2 aromatic carbocycles. The van der Waals surface area contributed by atoms with E-state index in [0.717, 1.165) is 28.8 Å². The summed E-state index contributed by atoms with van der Waals surface area (Å²) in [6.07, 6.45) is 2.79. The number of carbonyl (C=O) groups excluding carboxylic acids is 1. The van der Waals surface area contributed by atoms with E-state index in [1.807, 2.05) is 32.0 Å². The number of halogens is 2. The lowest BCUT2D eigenvalue weighted by Crippen LogP contribution is -2.40. The number of anilines is 1. The minimum atomic E-state index is -0.654. The summed E-state index contributed by atoms with van der Waals surface area (Å²) in [6, 6.07) is 10.9. The SMILES string of the molecule is Cc1cccc(Oc2cc(N3CCC(C(=O)NCc4cc(F)cc(F)c4)CC3)ncn2)c1C. The van der Waals surface area contributed by atoms with Gasteiger partial charge in [-0.3, -0.25) is 4.79 Å². The Morgan fingerprint density at radius 3 is 2.55 bits per heavy atom. The number of benzene rings is 2. The molecule has 0 atom stereocenters. The second kappa shape index (κ2) is 9.94. The van der Waals surface area contributed by atoms with Crippen LogP contribution >= 0.6 is 0 Å². The first-order chi connectivity index (χ1) is 15.9. The molecular formula is C25H26F2N4O2. The highest BCUT2D eigenvalue weighted by Gasteiger charge is 2.26. The fourth-order valence-corrected chi connectivity index (χ4v) is 3.92. The number of carbonyl (C=O) groups is 1. The van der Waals surface area contributed by atoms with Crippen LogP contribution in [0.4, 0.5) is 14.6 Å². The number of hydrogen-bond acceptors (Lipinski definition) is 5. The Labute approximate surface area is 191 Å². The maximum absolute atomic E-state index is 13.3. The van der Waals surface area contributed by atoms with E-state index in [0.29, 0.717) is 37.4 Å². The van der Waals surface area contributed by atoms with E-state index in [9.17, 15) is 13.6 Å². The lowest BCUT2D eigenvalue weighted by atomic mass is 9.96. The van der Waals surface area contributed by atoms with Gasteiger partial charge >= 0.3 is 0 Å². The number of nitrogens with zero attached hydrogens (tertiary/aromatic N) is 3. The first-order valence-electron chi connectivity index (χ1n) is 10.9. The summed E-state index contributed by atoms with van der Waals surface area (Å²) >= 11 is 0.